The highest BCUT2D eigenvalue weighted by molar-refractivity contribution is 5.75. The number of carbonyl (C=O) groups is 1. The van der Waals surface area contributed by atoms with E-state index in [0.717, 1.165) is 19.6 Å². The Kier molecular flexibility index (Phi) is 4.92. The first-order valence-corrected chi connectivity index (χ1v) is 7.94. The van der Waals surface area contributed by atoms with Crippen LogP contribution in [0.1, 0.15) is 30.1 Å². The molecule has 1 amide bonds. The fraction of sp³-hybridized carbons (Fsp3) is 0.412. The summed E-state index contributed by atoms with van der Waals surface area (Å²) >= 11 is 0. The van der Waals surface area contributed by atoms with Crippen molar-refractivity contribution in [3.05, 3.63) is 48.0 Å². The summed E-state index contributed by atoms with van der Waals surface area (Å²) in [4.78, 5) is 15.2. The molecule has 2 heterocycles. The van der Waals surface area contributed by atoms with Crippen LogP contribution < -0.4 is 15.8 Å². The maximum atomic E-state index is 10.7. The average Bonchev–Trinajstić information content (AvgIpc) is 3.03. The molecule has 0 spiro atoms. The number of nitrogens with zero attached hydrogens (tertiary/aromatic N) is 2. The number of imidazole rings is 1. The number of primary amides is 1. The first kappa shape index (κ1) is 15.6. The third-order valence-corrected chi connectivity index (χ3v) is 4.09. The van der Waals surface area contributed by atoms with Gasteiger partial charge in [0, 0.05) is 37.9 Å². The molecule has 1 atom stereocenters. The molecule has 0 bridgehead atoms. The highest BCUT2D eigenvalue weighted by Gasteiger charge is 2.20. The molecule has 3 N–H and O–H groups in total. The first-order valence-electron chi connectivity index (χ1n) is 7.94. The number of benzene rings is 1. The molecule has 6 heteroatoms. The van der Waals surface area contributed by atoms with Gasteiger partial charge in [-0.25, -0.2) is 4.98 Å². The molecule has 6 nitrogen and oxygen atoms in total. The Bertz CT molecular complexity index is 651. The van der Waals surface area contributed by atoms with Crippen molar-refractivity contribution in [2.24, 2.45) is 5.73 Å². The molecule has 0 saturated carbocycles. The number of ether oxygens (including phenoxy) is 1. The third kappa shape index (κ3) is 4.10. The second kappa shape index (κ2) is 7.28. The summed E-state index contributed by atoms with van der Waals surface area (Å²) in [6.45, 7) is 2.72. The molecule has 1 aromatic carbocycles. The Hall–Kier alpha value is -2.34. The Morgan fingerprint density at radius 1 is 1.39 bits per heavy atom. The molecule has 0 radical (unpaired) electrons. The van der Waals surface area contributed by atoms with Crippen LogP contribution in [-0.4, -0.2) is 28.6 Å². The molecule has 1 aliphatic rings. The Labute approximate surface area is 135 Å². The van der Waals surface area contributed by atoms with Crippen LogP contribution in [-0.2, 0) is 17.9 Å². The largest absolute Gasteiger partial charge is 0.484 e. The number of aryl methyl sites for hydroxylation is 1. The van der Waals surface area contributed by atoms with Crippen molar-refractivity contribution in [2.75, 3.05) is 13.2 Å². The summed E-state index contributed by atoms with van der Waals surface area (Å²) in [5.41, 5.74) is 6.23. The summed E-state index contributed by atoms with van der Waals surface area (Å²) < 4.78 is 7.50. The first-order chi connectivity index (χ1) is 11.2. The van der Waals surface area contributed by atoms with Crippen LogP contribution in [0.15, 0.2) is 36.7 Å². The van der Waals surface area contributed by atoms with Crippen LogP contribution in [0, 0.1) is 0 Å². The second-order valence-corrected chi connectivity index (χ2v) is 5.85. The van der Waals surface area contributed by atoms with Gasteiger partial charge in [0.1, 0.15) is 11.6 Å². The number of hydrogen-bond donors (Lipinski definition) is 2. The van der Waals surface area contributed by atoms with Gasteiger partial charge in [-0.2, -0.15) is 0 Å². The standard InChI is InChI=1S/C17H22N4O2/c18-16(22)12-23-15-5-3-13(4-6-15)10-19-11-14-2-1-8-21-9-7-20-17(14)21/h3-7,9,14,19H,1-2,8,10-12H2,(H2,18,22)/t14-/m1/s1. The Morgan fingerprint density at radius 2 is 2.22 bits per heavy atom. The van der Waals surface area contributed by atoms with E-state index in [1.807, 2.05) is 30.5 Å². The van der Waals surface area contributed by atoms with E-state index in [1.165, 1.54) is 24.2 Å². The van der Waals surface area contributed by atoms with Crippen molar-refractivity contribution in [3.63, 3.8) is 0 Å². The zero-order valence-electron chi connectivity index (χ0n) is 13.1. The molecule has 23 heavy (non-hydrogen) atoms. The van der Waals surface area contributed by atoms with Gasteiger partial charge in [-0.3, -0.25) is 4.79 Å². The lowest BCUT2D eigenvalue weighted by atomic mass is 9.99. The van der Waals surface area contributed by atoms with Gasteiger partial charge in [0.2, 0.25) is 0 Å². The lowest BCUT2D eigenvalue weighted by molar-refractivity contribution is -0.119. The highest BCUT2D eigenvalue weighted by Crippen LogP contribution is 2.24. The van der Waals surface area contributed by atoms with Gasteiger partial charge < -0.3 is 20.4 Å². The maximum absolute atomic E-state index is 10.7. The fourth-order valence-electron chi connectivity index (χ4n) is 2.95. The zero-order valence-corrected chi connectivity index (χ0v) is 13.1. The van der Waals surface area contributed by atoms with Crippen molar-refractivity contribution in [1.29, 1.82) is 0 Å². The number of amides is 1. The Morgan fingerprint density at radius 3 is 3.00 bits per heavy atom. The van der Waals surface area contributed by atoms with Gasteiger partial charge in [0.05, 0.1) is 0 Å². The molecule has 0 fully saturated rings. The average molecular weight is 314 g/mol. The van der Waals surface area contributed by atoms with Gasteiger partial charge in [-0.15, -0.1) is 0 Å². The van der Waals surface area contributed by atoms with E-state index in [2.05, 4.69) is 21.1 Å². The van der Waals surface area contributed by atoms with E-state index in [9.17, 15) is 4.79 Å². The molecule has 0 saturated heterocycles. The smallest absolute Gasteiger partial charge is 0.255 e. The van der Waals surface area contributed by atoms with E-state index in [4.69, 9.17) is 10.5 Å². The van der Waals surface area contributed by atoms with Gasteiger partial charge >= 0.3 is 0 Å². The minimum absolute atomic E-state index is 0.0913. The van der Waals surface area contributed by atoms with Gasteiger partial charge in [0.25, 0.3) is 5.91 Å². The summed E-state index contributed by atoms with van der Waals surface area (Å²) in [6, 6.07) is 7.69. The second-order valence-electron chi connectivity index (χ2n) is 5.85. The topological polar surface area (TPSA) is 82.2 Å². The summed E-state index contributed by atoms with van der Waals surface area (Å²) in [6.07, 6.45) is 6.34. The van der Waals surface area contributed by atoms with Crippen LogP contribution in [0.3, 0.4) is 0 Å². The van der Waals surface area contributed by atoms with E-state index < -0.39 is 5.91 Å². The number of aromatic nitrogens is 2. The number of nitrogens with two attached hydrogens (primary N) is 1. The van der Waals surface area contributed by atoms with Crippen molar-refractivity contribution in [3.8, 4) is 5.75 Å². The van der Waals surface area contributed by atoms with Crippen molar-refractivity contribution in [1.82, 2.24) is 14.9 Å². The minimum atomic E-state index is -0.471. The Balaban J connectivity index is 1.47. The predicted octanol–water partition coefficient (Wildman–Crippen LogP) is 1.41. The van der Waals surface area contributed by atoms with Gasteiger partial charge in [0.15, 0.2) is 6.61 Å². The molecule has 122 valence electrons. The number of rotatable bonds is 7. The monoisotopic (exact) mass is 314 g/mol. The molecule has 1 aliphatic heterocycles. The van der Waals surface area contributed by atoms with E-state index in [1.54, 1.807) is 0 Å². The normalized spacial score (nSPS) is 16.8. The van der Waals surface area contributed by atoms with Crippen LogP contribution >= 0.6 is 0 Å². The maximum Gasteiger partial charge on any atom is 0.255 e. The lowest BCUT2D eigenvalue weighted by Gasteiger charge is -2.23. The van der Waals surface area contributed by atoms with E-state index in [-0.39, 0.29) is 6.61 Å². The van der Waals surface area contributed by atoms with E-state index >= 15 is 0 Å². The minimum Gasteiger partial charge on any atom is -0.484 e. The van der Waals surface area contributed by atoms with Gasteiger partial charge in [-0.05, 0) is 30.5 Å². The molecular weight excluding hydrogens is 292 g/mol. The van der Waals surface area contributed by atoms with Crippen molar-refractivity contribution < 1.29 is 9.53 Å². The molecule has 3 rings (SSSR count). The molecule has 0 aliphatic carbocycles. The van der Waals surface area contributed by atoms with Crippen molar-refractivity contribution in [2.45, 2.75) is 31.8 Å². The molecule has 0 unspecified atom stereocenters. The van der Waals surface area contributed by atoms with Crippen LogP contribution in [0.5, 0.6) is 5.75 Å². The number of carbonyl (C=O) groups excluding carboxylic acids is 1. The van der Waals surface area contributed by atoms with Gasteiger partial charge in [-0.1, -0.05) is 12.1 Å². The van der Waals surface area contributed by atoms with E-state index in [0.29, 0.717) is 11.7 Å². The molecule has 2 aromatic rings. The summed E-state index contributed by atoms with van der Waals surface area (Å²) in [5.74, 6) is 1.86. The van der Waals surface area contributed by atoms with Crippen LogP contribution in [0.4, 0.5) is 0 Å². The SMILES string of the molecule is NC(=O)COc1ccc(CNC[C@H]2CCCn3ccnc32)cc1. The third-order valence-electron chi connectivity index (χ3n) is 4.09. The fourth-order valence-corrected chi connectivity index (χ4v) is 2.95. The summed E-state index contributed by atoms with van der Waals surface area (Å²) in [7, 11) is 0. The molecular formula is C17H22N4O2. The zero-order chi connectivity index (χ0) is 16.1. The quantitative estimate of drug-likeness (QED) is 0.809. The predicted molar refractivity (Wildman–Crippen MR) is 87.0 cm³/mol. The van der Waals surface area contributed by atoms with Crippen molar-refractivity contribution >= 4 is 5.91 Å². The van der Waals surface area contributed by atoms with Crippen LogP contribution in [0.2, 0.25) is 0 Å². The number of hydrogen-bond acceptors (Lipinski definition) is 4. The van der Waals surface area contributed by atoms with Crippen LogP contribution in [0.25, 0.3) is 0 Å². The lowest BCUT2D eigenvalue weighted by Crippen LogP contribution is -2.26. The molecule has 1 aromatic heterocycles. The highest BCUT2D eigenvalue weighted by atomic mass is 16.5. The number of nitrogens with one attached hydrogen (secondary N) is 1. The number of fused-ring (bicyclic) bond motifs is 1. The summed E-state index contributed by atoms with van der Waals surface area (Å²) in [5, 5.41) is 3.50.